The highest BCUT2D eigenvalue weighted by Crippen LogP contribution is 2.42. The number of fused-ring (bicyclic) bond motifs is 5. The molecule has 12 aromatic heterocycles. The minimum absolute atomic E-state index is 0.00514. The highest BCUT2D eigenvalue weighted by molar-refractivity contribution is 9.10. The Kier molecular flexibility index (Phi) is 29.3. The van der Waals surface area contributed by atoms with Gasteiger partial charge in [0.25, 0.3) is 0 Å². The molecule has 0 aliphatic carbocycles. The molecule has 23 nitrogen and oxygen atoms in total. The van der Waals surface area contributed by atoms with Gasteiger partial charge in [-0.1, -0.05) is 69.8 Å². The van der Waals surface area contributed by atoms with Crippen LogP contribution in [0.4, 0.5) is 26.3 Å². The second-order valence-electron chi connectivity index (χ2n) is 28.9. The molecule has 13 heterocycles. The molecular weight excluding hydrogens is 1950 g/mol. The number of pyridine rings is 2. The van der Waals surface area contributed by atoms with E-state index in [1.807, 2.05) is 119 Å². The maximum Gasteiger partial charge on any atom is 0.241 e. The fourth-order valence-electron chi connectivity index (χ4n) is 13.3. The van der Waals surface area contributed by atoms with Crippen LogP contribution in [0.1, 0.15) is 41.5 Å². The zero-order valence-corrected chi connectivity index (χ0v) is 77.0. The van der Waals surface area contributed by atoms with Crippen molar-refractivity contribution in [2.45, 2.75) is 19.3 Å². The number of aromatic nitrogens is 12. The van der Waals surface area contributed by atoms with Crippen molar-refractivity contribution in [1.82, 2.24) is 64.7 Å². The van der Waals surface area contributed by atoms with Crippen molar-refractivity contribution in [2.75, 3.05) is 26.2 Å². The van der Waals surface area contributed by atoms with Gasteiger partial charge < -0.3 is 28.4 Å². The zero-order valence-electron chi connectivity index (χ0n) is 69.8. The average molecular weight is 2010 g/mol. The van der Waals surface area contributed by atoms with Crippen LogP contribution in [0.3, 0.4) is 0 Å². The molecule has 0 saturated carbocycles. The molecule has 8 aromatic carbocycles. The Morgan fingerprint density at radius 3 is 1.15 bits per heavy atom. The van der Waals surface area contributed by atoms with E-state index in [1.54, 1.807) is 96.8 Å². The Labute approximate surface area is 807 Å². The Bertz CT molecular complexity index is 7820. The molecule has 37 heteroatoms. The van der Waals surface area contributed by atoms with E-state index < -0.39 is 40.7 Å². The van der Waals surface area contributed by atoms with Crippen LogP contribution in [0.25, 0.3) is 108 Å². The quantitative estimate of drug-likeness (QED) is 0.0412. The molecule has 0 spiro atoms. The second kappa shape index (κ2) is 43.1. The summed E-state index contributed by atoms with van der Waals surface area (Å²) in [4.78, 5) is 55.4. The number of benzene rings is 8. The summed E-state index contributed by atoms with van der Waals surface area (Å²) in [6.45, 7) is 3.90. The lowest BCUT2D eigenvalue weighted by Crippen LogP contribution is -2.33. The maximum absolute atomic E-state index is 14.4. The number of piperidine rings is 1. The van der Waals surface area contributed by atoms with Crippen LogP contribution >= 0.6 is 95.8 Å². The molecule has 0 atom stereocenters. The predicted octanol–water partition coefficient (Wildman–Crippen LogP) is 27.8. The SMILES string of the molecule is Fc1ccc(Oc2nc(-c3ccncc3)nc3ccsc23)c(F)c1F.N#Cc1ccc(Oc2nc(-c3ccc(OCCN4CCCCC4)cc3)nc3ccsc23)c(F)c1.N#Cc1ccc(Oc2nc(-c3cccc(Br)c3)nc3ccsc23)c(F)c1.N#Cc1ccc(Oc2nc(-c3cccc(Cl)c3)nc3ccsc23)c(F)c1.N#Cc1ccc(Oc2nc(-c3ccnc(Cl)c3)nc3ccsc23)cc1. The van der Waals surface area contributed by atoms with E-state index in [9.17, 15) is 26.3 Å². The summed E-state index contributed by atoms with van der Waals surface area (Å²) in [6.07, 6.45) is 8.66. The van der Waals surface area contributed by atoms with Gasteiger partial charge in [0, 0.05) is 62.4 Å². The summed E-state index contributed by atoms with van der Waals surface area (Å²) in [5.74, 6) is -1.57. The smallest absolute Gasteiger partial charge is 0.241 e. The third-order valence-electron chi connectivity index (χ3n) is 19.9. The number of nitriles is 4. The Morgan fingerprint density at radius 1 is 0.346 bits per heavy atom. The van der Waals surface area contributed by atoms with E-state index in [1.165, 1.54) is 112 Å². The molecule has 1 aliphatic rings. The van der Waals surface area contributed by atoms with Gasteiger partial charge in [-0.2, -0.15) is 50.4 Å². The first-order valence-electron chi connectivity index (χ1n) is 40.7. The molecule has 1 fully saturated rings. The first kappa shape index (κ1) is 92.5. The van der Waals surface area contributed by atoms with Crippen molar-refractivity contribution in [1.29, 1.82) is 21.0 Å². The number of hydrogen-bond donors (Lipinski definition) is 0. The largest absolute Gasteiger partial charge is 0.492 e. The number of halogens is 9. The summed E-state index contributed by atoms with van der Waals surface area (Å²) in [5.41, 5.74) is 8.61. The van der Waals surface area contributed by atoms with Gasteiger partial charge in [0.05, 0.1) is 74.1 Å². The number of hydrogen-bond acceptors (Lipinski definition) is 28. The van der Waals surface area contributed by atoms with Gasteiger partial charge in [-0.3, -0.25) is 9.88 Å². The van der Waals surface area contributed by atoms with E-state index in [-0.39, 0.29) is 57.5 Å². The minimum atomic E-state index is -1.59. The van der Waals surface area contributed by atoms with Gasteiger partial charge in [-0.25, -0.2) is 51.9 Å². The highest BCUT2D eigenvalue weighted by atomic mass is 79.9. The maximum atomic E-state index is 14.4. The van der Waals surface area contributed by atoms with Crippen LogP contribution in [-0.4, -0.2) is 90.9 Å². The van der Waals surface area contributed by atoms with Crippen LogP contribution in [0.5, 0.6) is 63.9 Å². The van der Waals surface area contributed by atoms with Crippen molar-refractivity contribution in [3.05, 3.63) is 336 Å². The number of ether oxygens (including phenoxy) is 6. The van der Waals surface area contributed by atoms with Crippen molar-refractivity contribution in [2.24, 2.45) is 0 Å². The van der Waals surface area contributed by atoms with Crippen LogP contribution in [0.15, 0.2) is 268 Å². The molecule has 0 amide bonds. The molecule has 0 radical (unpaired) electrons. The number of rotatable bonds is 19. The number of nitrogens with zero attached hydrogens (tertiary/aromatic N) is 17. The molecular formula is C99H58BrCl2F6N17O6S5. The van der Waals surface area contributed by atoms with Crippen molar-refractivity contribution in [3.8, 4) is 145 Å². The van der Waals surface area contributed by atoms with Crippen molar-refractivity contribution >= 4 is 147 Å². The highest BCUT2D eigenvalue weighted by Gasteiger charge is 2.24. The Morgan fingerprint density at radius 2 is 0.728 bits per heavy atom. The predicted molar refractivity (Wildman–Crippen MR) is 515 cm³/mol. The summed E-state index contributed by atoms with van der Waals surface area (Å²) in [5, 5.41) is 45.9. The molecule has 21 rings (SSSR count). The molecule has 136 heavy (non-hydrogen) atoms. The van der Waals surface area contributed by atoms with Crippen molar-refractivity contribution < 1.29 is 54.8 Å². The van der Waals surface area contributed by atoms with Crippen LogP contribution in [0, 0.1) is 80.2 Å². The van der Waals surface area contributed by atoms with Crippen molar-refractivity contribution in [3.63, 3.8) is 0 Å². The molecule has 1 aliphatic heterocycles. The third-order valence-corrected chi connectivity index (χ3v) is 25.3. The molecule has 1 saturated heterocycles. The lowest BCUT2D eigenvalue weighted by atomic mass is 10.1. The Hall–Kier alpha value is -15.4. The van der Waals surface area contributed by atoms with E-state index in [4.69, 9.17) is 72.7 Å². The first-order valence-corrected chi connectivity index (χ1v) is 46.7. The van der Waals surface area contributed by atoms with Gasteiger partial charge >= 0.3 is 0 Å². The first-order chi connectivity index (χ1) is 66.3. The number of thiophene rings is 5. The second-order valence-corrected chi connectivity index (χ2v) is 35.2. The molecule has 20 aromatic rings. The minimum Gasteiger partial charge on any atom is -0.492 e. The van der Waals surface area contributed by atoms with Gasteiger partial charge in [0.1, 0.15) is 46.8 Å². The molecule has 0 bridgehead atoms. The lowest BCUT2D eigenvalue weighted by molar-refractivity contribution is 0.183. The van der Waals surface area contributed by atoms with Gasteiger partial charge in [-0.15, -0.1) is 56.7 Å². The summed E-state index contributed by atoms with van der Waals surface area (Å²) < 4.78 is 122. The van der Waals surface area contributed by atoms with Gasteiger partial charge in [-0.05, 0) is 247 Å². The van der Waals surface area contributed by atoms with Crippen LogP contribution in [0.2, 0.25) is 10.2 Å². The normalized spacial score (nSPS) is 11.6. The topological polar surface area (TPSA) is 308 Å². The standard InChI is InChI=1S/C26H23FN4O2S.C19H9BrFN3OS.C19H9ClFN3OS.C18H9ClN4OS.C17H8F3N3OS/c27-21-16-18(17-28)4-9-23(21)33-26-24-22(10-15-34-24)29-25(30-26)19-5-7-20(8-6-19)32-14-13-31-11-2-1-3-12-31;2*20-13-3-1-2-12(9-13)18-23-15-6-7-26-17(15)19(24-18)25-16-5-4-11(10-22)8-14(16)21;19-15-9-12(5-7-21-15)17-22-14-6-8-25-16(14)18(23-17)24-13-3-1-11(10-20)2-4-13;18-10-1-2-12(14(20)13(10)19)24-17-15-11(5-8-25-15)22-16(23-17)9-3-6-21-7-4-9/h4-10,15-16H,1-3,11-14H2;2*1-9H;1-9H;1-8H. The van der Waals surface area contributed by atoms with Crippen LogP contribution < -0.4 is 28.4 Å². The van der Waals surface area contributed by atoms with Gasteiger partial charge in [0.15, 0.2) is 81.2 Å². The Balaban J connectivity index is 0.000000119. The van der Waals surface area contributed by atoms with E-state index in [0.717, 1.165) is 113 Å². The van der Waals surface area contributed by atoms with Gasteiger partial charge in [0.2, 0.25) is 35.2 Å². The van der Waals surface area contributed by atoms with E-state index >= 15 is 0 Å². The monoisotopic (exact) mass is 2000 g/mol. The fraction of sp³-hybridized carbons (Fsp3) is 0.0707. The van der Waals surface area contributed by atoms with E-state index in [0.29, 0.717) is 89.1 Å². The lowest BCUT2D eigenvalue weighted by Gasteiger charge is -2.26. The average Bonchev–Trinajstić information content (AvgIpc) is 1.61. The summed E-state index contributed by atoms with van der Waals surface area (Å²) >= 11 is 22.5. The van der Waals surface area contributed by atoms with E-state index in [2.05, 4.69) is 86.7 Å². The molecule has 668 valence electrons. The van der Waals surface area contributed by atoms with Crippen LogP contribution in [-0.2, 0) is 0 Å². The zero-order chi connectivity index (χ0) is 94.1. The fourth-order valence-corrected chi connectivity index (χ4v) is 17.9. The third kappa shape index (κ3) is 22.4. The molecule has 0 unspecified atom stereocenters. The summed E-state index contributed by atoms with van der Waals surface area (Å²) in [7, 11) is 0. The molecule has 0 N–H and O–H groups in total. The summed E-state index contributed by atoms with van der Waals surface area (Å²) in [6, 6.07) is 67.3. The number of likely N-dealkylation sites (tertiary alicyclic amines) is 1.